The molecule has 2 aromatic heterocycles. The zero-order valence-electron chi connectivity index (χ0n) is 20.0. The van der Waals surface area contributed by atoms with Crippen molar-refractivity contribution in [2.45, 2.75) is 39.7 Å². The van der Waals surface area contributed by atoms with Crippen LogP contribution in [0.5, 0.6) is 11.5 Å². The molecule has 0 aliphatic carbocycles. The Bertz CT molecular complexity index is 1370. The molecule has 0 N–H and O–H groups in total. The predicted molar refractivity (Wildman–Crippen MR) is 138 cm³/mol. The number of carbonyl (C=O) groups excluding carboxylic acids is 1. The number of nitrogens with zero attached hydrogens (tertiary/aromatic N) is 4. The van der Waals surface area contributed by atoms with Crippen molar-refractivity contribution in [1.29, 1.82) is 0 Å². The molecular formula is C28H27ClN4O2. The van der Waals surface area contributed by atoms with E-state index in [0.717, 1.165) is 40.0 Å². The Morgan fingerprint density at radius 3 is 2.51 bits per heavy atom. The van der Waals surface area contributed by atoms with E-state index in [0.29, 0.717) is 41.5 Å². The number of ether oxygens (including phenoxy) is 1. The van der Waals surface area contributed by atoms with E-state index < -0.39 is 0 Å². The molecule has 1 amide bonds. The summed E-state index contributed by atoms with van der Waals surface area (Å²) in [6.45, 7) is 7.54. The molecule has 7 heteroatoms. The van der Waals surface area contributed by atoms with Crippen LogP contribution in [0.1, 0.15) is 44.4 Å². The summed E-state index contributed by atoms with van der Waals surface area (Å²) in [4.78, 5) is 18.8. The molecule has 1 aliphatic heterocycles. The quantitative estimate of drug-likeness (QED) is 0.286. The summed E-state index contributed by atoms with van der Waals surface area (Å²) in [6.07, 6.45) is 0.587. The van der Waals surface area contributed by atoms with Gasteiger partial charge in [0.25, 0.3) is 0 Å². The van der Waals surface area contributed by atoms with E-state index in [9.17, 15) is 4.79 Å². The van der Waals surface area contributed by atoms with Crippen LogP contribution in [0.2, 0.25) is 5.15 Å². The highest BCUT2D eigenvalue weighted by Crippen LogP contribution is 2.33. The maximum atomic E-state index is 12.4. The molecule has 0 spiro atoms. The van der Waals surface area contributed by atoms with Crippen LogP contribution < -0.4 is 4.74 Å². The zero-order chi connectivity index (χ0) is 24.5. The molecule has 5 rings (SSSR count). The van der Waals surface area contributed by atoms with Gasteiger partial charge < -0.3 is 9.64 Å². The summed E-state index contributed by atoms with van der Waals surface area (Å²) in [6, 6.07) is 19.4. The van der Waals surface area contributed by atoms with Gasteiger partial charge in [0, 0.05) is 42.1 Å². The lowest BCUT2D eigenvalue weighted by molar-refractivity contribution is -0.128. The van der Waals surface area contributed by atoms with Gasteiger partial charge in [0.15, 0.2) is 0 Å². The first-order valence-corrected chi connectivity index (χ1v) is 12.2. The van der Waals surface area contributed by atoms with E-state index in [1.807, 2.05) is 59.5 Å². The first-order chi connectivity index (χ1) is 16.9. The molecule has 3 heterocycles. The average Bonchev–Trinajstić information content (AvgIpc) is 3.16. The van der Waals surface area contributed by atoms with Gasteiger partial charge in [-0.2, -0.15) is 10.2 Å². The Kier molecular flexibility index (Phi) is 6.39. The fraction of sp³-hybridized carbons (Fsp3) is 0.286. The fourth-order valence-corrected chi connectivity index (χ4v) is 4.50. The van der Waals surface area contributed by atoms with Crippen molar-refractivity contribution in [2.24, 2.45) is 5.92 Å². The maximum Gasteiger partial charge on any atom is 0.223 e. The van der Waals surface area contributed by atoms with Crippen LogP contribution in [-0.4, -0.2) is 32.5 Å². The summed E-state index contributed by atoms with van der Waals surface area (Å²) in [5.41, 5.74) is 4.42. The smallest absolute Gasteiger partial charge is 0.223 e. The van der Waals surface area contributed by atoms with E-state index in [2.05, 4.69) is 36.0 Å². The first kappa shape index (κ1) is 23.2. The van der Waals surface area contributed by atoms with E-state index in [1.165, 1.54) is 0 Å². The summed E-state index contributed by atoms with van der Waals surface area (Å²) in [5.74, 6) is 2.22. The summed E-state index contributed by atoms with van der Waals surface area (Å²) in [7, 11) is 0. The number of aromatic nitrogens is 3. The largest absolute Gasteiger partial charge is 0.457 e. The first-order valence-electron chi connectivity index (χ1n) is 11.8. The normalized spacial score (nSPS) is 15.9. The monoisotopic (exact) mass is 486 g/mol. The van der Waals surface area contributed by atoms with Crippen LogP contribution in [-0.2, 0) is 11.3 Å². The van der Waals surface area contributed by atoms with Crippen molar-refractivity contribution < 1.29 is 9.53 Å². The van der Waals surface area contributed by atoms with Gasteiger partial charge in [-0.15, -0.1) is 0 Å². The van der Waals surface area contributed by atoms with Crippen LogP contribution in [0, 0.1) is 5.92 Å². The molecule has 4 aromatic rings. The van der Waals surface area contributed by atoms with Gasteiger partial charge in [-0.3, -0.25) is 4.79 Å². The number of halogens is 1. The molecule has 1 atom stereocenters. The van der Waals surface area contributed by atoms with Crippen LogP contribution in [0.4, 0.5) is 0 Å². The average molecular weight is 487 g/mol. The molecule has 35 heavy (non-hydrogen) atoms. The number of benzene rings is 2. The van der Waals surface area contributed by atoms with E-state index in [4.69, 9.17) is 16.3 Å². The van der Waals surface area contributed by atoms with Crippen LogP contribution in [0.25, 0.3) is 22.2 Å². The Labute approximate surface area is 209 Å². The third kappa shape index (κ3) is 5.13. The van der Waals surface area contributed by atoms with Crippen LogP contribution in [0.3, 0.4) is 0 Å². The lowest BCUT2D eigenvalue weighted by atomic mass is 10.1. The van der Waals surface area contributed by atoms with Crippen LogP contribution in [0.15, 0.2) is 60.7 Å². The van der Waals surface area contributed by atoms with E-state index >= 15 is 0 Å². The topological polar surface area (TPSA) is 68.2 Å². The zero-order valence-corrected chi connectivity index (χ0v) is 20.8. The third-order valence-electron chi connectivity index (χ3n) is 6.26. The molecule has 0 unspecified atom stereocenters. The Morgan fingerprint density at radius 1 is 1.06 bits per heavy atom. The van der Waals surface area contributed by atoms with Gasteiger partial charge in [-0.1, -0.05) is 32.4 Å². The van der Waals surface area contributed by atoms with Crippen molar-refractivity contribution >= 4 is 28.4 Å². The molecule has 6 nitrogen and oxygen atoms in total. The second kappa shape index (κ2) is 9.62. The number of hydrogen-bond acceptors (Lipinski definition) is 5. The lowest BCUT2D eigenvalue weighted by Crippen LogP contribution is -2.24. The van der Waals surface area contributed by atoms with E-state index in [1.54, 1.807) is 6.07 Å². The molecule has 1 aliphatic rings. The van der Waals surface area contributed by atoms with Gasteiger partial charge in [-0.25, -0.2) is 4.98 Å². The molecule has 0 bridgehead atoms. The fourth-order valence-electron chi connectivity index (χ4n) is 4.35. The number of carbonyl (C=O) groups is 1. The van der Waals surface area contributed by atoms with Crippen molar-refractivity contribution in [2.75, 3.05) is 6.54 Å². The minimum absolute atomic E-state index is 0.173. The van der Waals surface area contributed by atoms with Gasteiger partial charge in [-0.05, 0) is 66.4 Å². The highest BCUT2D eigenvalue weighted by Gasteiger charge is 2.27. The van der Waals surface area contributed by atoms with Gasteiger partial charge in [0.1, 0.15) is 16.7 Å². The second-order valence-electron chi connectivity index (χ2n) is 9.49. The molecule has 178 valence electrons. The SMILES string of the molecule is CC(C)c1ccc(-c2ccc(Oc3cc4nc(Cl)ccc4cc3CN3C[C@@H](C)CC3=O)cc2)nn1. The highest BCUT2D eigenvalue weighted by atomic mass is 35.5. The molecule has 0 saturated carbocycles. The number of fused-ring (bicyclic) bond motifs is 1. The number of hydrogen-bond donors (Lipinski definition) is 0. The summed E-state index contributed by atoms with van der Waals surface area (Å²) < 4.78 is 6.31. The maximum absolute atomic E-state index is 12.4. The summed E-state index contributed by atoms with van der Waals surface area (Å²) >= 11 is 6.13. The molecule has 2 aromatic carbocycles. The predicted octanol–water partition coefficient (Wildman–Crippen LogP) is 6.63. The van der Waals surface area contributed by atoms with Gasteiger partial charge in [0.2, 0.25) is 5.91 Å². The Morgan fingerprint density at radius 2 is 1.86 bits per heavy atom. The molecule has 0 radical (unpaired) electrons. The lowest BCUT2D eigenvalue weighted by Gasteiger charge is -2.19. The summed E-state index contributed by atoms with van der Waals surface area (Å²) in [5, 5.41) is 10.1. The minimum Gasteiger partial charge on any atom is -0.457 e. The standard InChI is InChI=1S/C28H27ClN4O2/c1-17(2)23-9-10-24(32-31-23)19-4-7-22(8-5-19)35-26-14-25-20(6-11-27(29)30-25)13-21(26)16-33-15-18(3)12-28(33)34/h4-11,13-14,17-18H,12,15-16H2,1-3H3/t18-/m0/s1. The second-order valence-corrected chi connectivity index (χ2v) is 9.88. The van der Waals surface area contributed by atoms with E-state index in [-0.39, 0.29) is 5.91 Å². The van der Waals surface area contributed by atoms with Crippen LogP contribution >= 0.6 is 11.6 Å². The Balaban J connectivity index is 1.43. The number of rotatable bonds is 6. The molecule has 1 saturated heterocycles. The number of likely N-dealkylation sites (tertiary alicyclic amines) is 1. The minimum atomic E-state index is 0.173. The van der Waals surface area contributed by atoms with Crippen molar-refractivity contribution in [3.8, 4) is 22.8 Å². The Hall–Kier alpha value is -3.51. The highest BCUT2D eigenvalue weighted by molar-refractivity contribution is 6.29. The molecular weight excluding hydrogens is 460 g/mol. The van der Waals surface area contributed by atoms with Gasteiger partial charge >= 0.3 is 0 Å². The third-order valence-corrected chi connectivity index (χ3v) is 6.47. The number of pyridine rings is 1. The van der Waals surface area contributed by atoms with Crippen molar-refractivity contribution in [1.82, 2.24) is 20.1 Å². The van der Waals surface area contributed by atoms with Crippen molar-refractivity contribution in [3.63, 3.8) is 0 Å². The van der Waals surface area contributed by atoms with Gasteiger partial charge in [0.05, 0.1) is 16.9 Å². The number of amides is 1. The van der Waals surface area contributed by atoms with Crippen molar-refractivity contribution in [3.05, 3.63) is 77.1 Å². The molecule has 1 fully saturated rings.